The Balaban J connectivity index is 0.000000227. The van der Waals surface area contributed by atoms with Crippen LogP contribution in [0.5, 0.6) is 0 Å². The van der Waals surface area contributed by atoms with Crippen LogP contribution in [0.15, 0.2) is 128 Å². The van der Waals surface area contributed by atoms with E-state index in [1.165, 1.54) is 97.6 Å². The molecule has 19 nitrogen and oxygen atoms in total. The summed E-state index contributed by atoms with van der Waals surface area (Å²) in [5.41, 5.74) is 0.711. The third-order valence-electron chi connectivity index (χ3n) is 22.8. The second-order valence-electron chi connectivity index (χ2n) is 32.5. The number of aliphatic hydroxyl groups is 1. The predicted octanol–water partition coefficient (Wildman–Crippen LogP) is 24.8. The molecule has 3 saturated carbocycles. The zero-order valence-corrected chi connectivity index (χ0v) is 74.5. The number of fused-ring (bicyclic) bond motifs is 5. The number of ketones is 3. The minimum absolute atomic E-state index is 0.00232. The van der Waals surface area contributed by atoms with Crippen molar-refractivity contribution in [3.05, 3.63) is 178 Å². The van der Waals surface area contributed by atoms with Crippen LogP contribution in [0.1, 0.15) is 172 Å². The first-order valence-corrected chi connectivity index (χ1v) is 42.5. The Kier molecular flexibility index (Phi) is 40.0. The molecule has 5 heterocycles. The number of alkyl halides is 30. The number of aromatic nitrogens is 5. The number of aliphatic hydroxyl groups excluding tert-OH is 1. The van der Waals surface area contributed by atoms with Crippen molar-refractivity contribution in [3.63, 3.8) is 0 Å². The molecule has 776 valence electrons. The van der Waals surface area contributed by atoms with Crippen LogP contribution in [-0.2, 0) is 96.9 Å². The first-order valence-electron chi connectivity index (χ1n) is 42.5. The summed E-state index contributed by atoms with van der Waals surface area (Å²) in [6.07, 6.45) is -30.4. The molecule has 0 amide bonds. The molecular formula is C91H94F30N6O13. The van der Waals surface area contributed by atoms with Gasteiger partial charge in [-0.1, -0.05) is 30.3 Å². The second kappa shape index (κ2) is 48.2. The highest BCUT2D eigenvalue weighted by Crippen LogP contribution is 2.47. The predicted molar refractivity (Wildman–Crippen MR) is 447 cm³/mol. The van der Waals surface area contributed by atoms with Crippen LogP contribution in [0.4, 0.5) is 132 Å². The molecule has 5 aromatic heterocycles. The number of rotatable bonds is 25. The molecule has 0 bridgehead atoms. The number of methoxy groups -OCH3 is 4. The van der Waals surface area contributed by atoms with Crippen molar-refractivity contribution in [3.8, 4) is 0 Å². The average Bonchev–Trinajstić information content (AvgIpc) is 1.61. The zero-order valence-electron chi connectivity index (χ0n) is 74.5. The summed E-state index contributed by atoms with van der Waals surface area (Å²) >= 11 is 0. The summed E-state index contributed by atoms with van der Waals surface area (Å²) < 4.78 is 410. The van der Waals surface area contributed by atoms with E-state index < -0.39 is 135 Å². The minimum atomic E-state index is -5.62. The number of nitrogens with two attached hydrogens (primary N) is 1. The Bertz CT molecular complexity index is 5780. The van der Waals surface area contributed by atoms with Crippen molar-refractivity contribution < 1.29 is 194 Å². The maximum Gasteiger partial charge on any atom is 0.491 e. The fraction of sp³-hybridized carbons (Fsp3) is 0.495. The molecule has 49 heteroatoms. The van der Waals surface area contributed by atoms with Crippen LogP contribution in [-0.4, -0.2) is 173 Å². The first kappa shape index (κ1) is 116. The molecule has 3 aliphatic rings. The van der Waals surface area contributed by atoms with Crippen LogP contribution in [0.2, 0.25) is 0 Å². The van der Waals surface area contributed by atoms with Crippen molar-refractivity contribution >= 4 is 89.8 Å². The molecule has 3 aliphatic carbocycles. The van der Waals surface area contributed by atoms with Gasteiger partial charge in [0, 0.05) is 209 Å². The zero-order chi connectivity index (χ0) is 105. The van der Waals surface area contributed by atoms with Gasteiger partial charge in [0.15, 0.2) is 11.6 Å². The van der Waals surface area contributed by atoms with Crippen LogP contribution in [0.25, 0.3) is 54.5 Å². The summed E-state index contributed by atoms with van der Waals surface area (Å²) in [6, 6.07) is 19.8. The van der Waals surface area contributed by atoms with Gasteiger partial charge in [-0.25, -0.2) is 40.7 Å². The number of carbonyl (C=O) groups is 6. The van der Waals surface area contributed by atoms with Crippen molar-refractivity contribution in [2.45, 2.75) is 203 Å². The normalized spacial score (nSPS) is 15.6. The Morgan fingerprint density at radius 3 is 0.914 bits per heavy atom. The Labute approximate surface area is 776 Å². The highest BCUT2D eigenvalue weighted by Gasteiger charge is 2.50. The number of halogens is 30. The monoisotopic (exact) mass is 2050 g/mol. The van der Waals surface area contributed by atoms with E-state index in [2.05, 4.69) is 4.74 Å². The lowest BCUT2D eigenvalue weighted by atomic mass is 9.83. The molecule has 0 unspecified atom stereocenters. The molecule has 0 radical (unpaired) electrons. The molecule has 5 aromatic carbocycles. The van der Waals surface area contributed by atoms with Crippen LogP contribution >= 0.6 is 0 Å². The van der Waals surface area contributed by atoms with E-state index in [4.69, 9.17) is 29.8 Å². The lowest BCUT2D eigenvalue weighted by molar-refractivity contribution is -0.221. The fourth-order valence-electron chi connectivity index (χ4n) is 15.8. The molecule has 10 aromatic rings. The minimum Gasteiger partial charge on any atom is -0.478 e. The smallest absolute Gasteiger partial charge is 0.478 e. The van der Waals surface area contributed by atoms with E-state index in [1.807, 2.05) is 0 Å². The molecule has 0 atom stereocenters. The van der Waals surface area contributed by atoms with Crippen molar-refractivity contribution in [1.82, 2.24) is 22.8 Å². The van der Waals surface area contributed by atoms with Gasteiger partial charge in [0.1, 0.15) is 0 Å². The largest absolute Gasteiger partial charge is 0.491 e. The lowest BCUT2D eigenvalue weighted by Crippen LogP contribution is -2.34. The SMILES string of the molecule is COCCn1cc(C(=O)C(F)(F)F)c2c(C(F)(F)F)cccc21.COCCn1cc(C(=O)CCC2CCC(F)(F)CC2)c2c(C(F)(F)F)cccc21.COCCn1cc(C(=O)O)c2c(C(F)(F)F)cccc21.COCCn1ccc2c(C(F)(F)F)cccc21.NCC1CCC(F)(F)CC1.O=C(CCC1CCC(F)(F)CC1)c1cn(CCO)c2cccc(C(F)(F)F)c12.O=C(OC(=O)C(F)(F)F)C(F)(F)F. The number of esters is 2. The number of ether oxygens (including phenoxy) is 5. The van der Waals surface area contributed by atoms with E-state index in [0.717, 1.165) is 41.1 Å². The number of hydrogen-bond acceptors (Lipinski definition) is 13. The summed E-state index contributed by atoms with van der Waals surface area (Å²) in [6.45, 7) is 2.63. The highest BCUT2D eigenvalue weighted by molar-refractivity contribution is 6.13. The van der Waals surface area contributed by atoms with Gasteiger partial charge in [-0.3, -0.25) is 14.4 Å². The van der Waals surface area contributed by atoms with Crippen molar-refractivity contribution in [1.29, 1.82) is 0 Å². The molecule has 0 aliphatic heterocycles. The number of carboxylic acid groups (broad SMARTS) is 1. The van der Waals surface area contributed by atoms with Crippen LogP contribution < -0.4 is 5.73 Å². The van der Waals surface area contributed by atoms with Gasteiger partial charge in [-0.05, 0) is 142 Å². The quantitative estimate of drug-likeness (QED) is 0.0209. The number of Topliss-reactive ketones (excluding diaryl/α,β-unsaturated/α-hetero) is 3. The molecule has 140 heavy (non-hydrogen) atoms. The maximum absolute atomic E-state index is 13.6. The third kappa shape index (κ3) is 32.0. The van der Waals surface area contributed by atoms with Gasteiger partial charge < -0.3 is 62.5 Å². The van der Waals surface area contributed by atoms with Gasteiger partial charge in [0.2, 0.25) is 17.8 Å². The Morgan fingerprint density at radius 2 is 0.629 bits per heavy atom. The van der Waals surface area contributed by atoms with Crippen LogP contribution in [0, 0.1) is 17.8 Å². The maximum atomic E-state index is 13.6. The first-order chi connectivity index (χ1) is 64.9. The third-order valence-corrected chi connectivity index (χ3v) is 22.8. The number of carboxylic acids is 1. The molecule has 0 spiro atoms. The molecule has 3 fully saturated rings. The van der Waals surface area contributed by atoms with Crippen molar-refractivity contribution in [2.75, 3.05) is 68.0 Å². The van der Waals surface area contributed by atoms with E-state index in [1.54, 1.807) is 34.6 Å². The van der Waals surface area contributed by atoms with Crippen molar-refractivity contribution in [2.24, 2.45) is 23.5 Å². The number of hydrogen-bond donors (Lipinski definition) is 3. The van der Waals surface area contributed by atoms with E-state index in [-0.39, 0.29) is 163 Å². The van der Waals surface area contributed by atoms with Crippen LogP contribution in [0.3, 0.4) is 0 Å². The standard InChI is InChI=1S/C21H24F5NO2.C20H22F5NO2.C14H11F6NO2.C13H12F3NO3.C12H12F3NO.C7H13F2N.C4F6O3/c1-29-12-11-27-13-15(19-16(21(24,25)26)3-2-4-17(19)27)18(28)6-5-14-7-9-20(22,23)10-8-14;21-19(22)8-6-13(7-9-19)4-5-17(28)14-12-26(10-11-27)16-3-1-2-15(18(14)16)20(23,24)25;1-23-6-5-21-7-8(12(22)14(18,19)20)11-9(13(15,16)17)3-2-4-10(11)21;1-20-6-5-17-7-8(12(18)19)11-9(13(14,15)16)3-2-4-10(11)17;1-17-8-7-16-6-5-9-10(12(13,14)15)3-2-4-11(9)16;8-7(9)3-1-6(5-10)2-4-7;5-3(6,7)1(11)13-2(12)4(8,9)10/h2-4,13-14H,5-12H2,1H3;1-3,12-13,27H,4-11H2;2-4,7H,5-6H2,1H3;2-4,7H,5-6H2,1H3,(H,18,19);2-6H,7-8H2,1H3;6H,1-5,10H2;. The van der Waals surface area contributed by atoms with E-state index >= 15 is 0 Å². The summed E-state index contributed by atoms with van der Waals surface area (Å²) in [4.78, 5) is 67.6. The number of aromatic carboxylic acids is 1. The van der Waals surface area contributed by atoms with Gasteiger partial charge in [0.05, 0.1) is 72.0 Å². The topological polar surface area (TPSA) is 240 Å². The molecule has 0 saturated heterocycles. The lowest BCUT2D eigenvalue weighted by Gasteiger charge is -2.27. The average molecular weight is 2050 g/mol. The van der Waals surface area contributed by atoms with E-state index in [0.29, 0.717) is 107 Å². The summed E-state index contributed by atoms with van der Waals surface area (Å²) in [5, 5.41) is 17.2. The van der Waals surface area contributed by atoms with Gasteiger partial charge >= 0.3 is 67.3 Å². The van der Waals surface area contributed by atoms with Gasteiger partial charge in [0.25, 0.3) is 5.78 Å². The number of nitrogens with zero attached hydrogens (tertiary/aromatic N) is 5. The molecule has 13 rings (SSSR count). The van der Waals surface area contributed by atoms with Gasteiger partial charge in [-0.2, -0.15) is 105 Å². The Morgan fingerprint density at radius 1 is 0.357 bits per heavy atom. The number of benzene rings is 5. The summed E-state index contributed by atoms with van der Waals surface area (Å²) in [5.74, 6) is -18.3. The fourth-order valence-corrected chi connectivity index (χ4v) is 15.8. The summed E-state index contributed by atoms with van der Waals surface area (Å²) in [7, 11) is 5.86. The molecular weight excluding hydrogens is 1950 g/mol. The second-order valence-corrected chi connectivity index (χ2v) is 32.5. The molecule has 4 N–H and O–H groups in total. The Hall–Kier alpha value is -10.9. The van der Waals surface area contributed by atoms with E-state index in [9.17, 15) is 166 Å². The highest BCUT2D eigenvalue weighted by atomic mass is 19.4. The van der Waals surface area contributed by atoms with Gasteiger partial charge in [-0.15, -0.1) is 0 Å². The number of carbonyl (C=O) groups excluding carboxylic acids is 5.